The summed E-state index contributed by atoms with van der Waals surface area (Å²) in [5.41, 5.74) is 0.908. The molecule has 0 fully saturated rings. The van der Waals surface area contributed by atoms with E-state index in [9.17, 15) is 4.39 Å². The van der Waals surface area contributed by atoms with Gasteiger partial charge in [-0.2, -0.15) is 0 Å². The van der Waals surface area contributed by atoms with Gasteiger partial charge in [-0.1, -0.05) is 0 Å². The molecule has 0 heterocycles. The van der Waals surface area contributed by atoms with Gasteiger partial charge in [0, 0.05) is 19.3 Å². The molecule has 1 aromatic carbocycles. The molecule has 0 aromatic heterocycles. The second-order valence-electron chi connectivity index (χ2n) is 2.93. The van der Waals surface area contributed by atoms with Gasteiger partial charge in [0.15, 0.2) is 0 Å². The van der Waals surface area contributed by atoms with Crippen molar-refractivity contribution in [2.24, 2.45) is 0 Å². The molecule has 0 amide bonds. The summed E-state index contributed by atoms with van der Waals surface area (Å²) in [6.07, 6.45) is 0.157. The van der Waals surface area contributed by atoms with Crippen LogP contribution in [0.3, 0.4) is 0 Å². The Kier molecular flexibility index (Phi) is 3.71. The molecular formula is C10H14FNO. The lowest BCUT2D eigenvalue weighted by molar-refractivity contribution is 0.129. The number of hydrogen-bond donors (Lipinski definition) is 1. The summed E-state index contributed by atoms with van der Waals surface area (Å²) in [7, 11) is 1.66. The summed E-state index contributed by atoms with van der Waals surface area (Å²) in [4.78, 5) is 0. The summed E-state index contributed by atoms with van der Waals surface area (Å²) in [5, 5.41) is 3.13. The first-order valence-electron chi connectivity index (χ1n) is 4.24. The highest BCUT2D eigenvalue weighted by Gasteiger charge is 1.98. The minimum Gasteiger partial charge on any atom is -0.382 e. The minimum atomic E-state index is -0.217. The molecule has 13 heavy (non-hydrogen) atoms. The molecule has 0 saturated heterocycles. The summed E-state index contributed by atoms with van der Waals surface area (Å²) in [6.45, 7) is 2.69. The molecule has 0 spiro atoms. The van der Waals surface area contributed by atoms with E-state index in [2.05, 4.69) is 5.32 Å². The number of methoxy groups -OCH3 is 1. The van der Waals surface area contributed by atoms with Gasteiger partial charge in [0.05, 0.1) is 6.10 Å². The third-order valence-electron chi connectivity index (χ3n) is 1.84. The first-order valence-corrected chi connectivity index (χ1v) is 4.24. The Morgan fingerprint density at radius 2 is 2.00 bits per heavy atom. The predicted octanol–water partition coefficient (Wildman–Crippen LogP) is 2.27. The fourth-order valence-electron chi connectivity index (χ4n) is 0.913. The van der Waals surface area contributed by atoms with Gasteiger partial charge in [-0.15, -0.1) is 0 Å². The molecule has 1 rings (SSSR count). The highest BCUT2D eigenvalue weighted by molar-refractivity contribution is 5.42. The number of anilines is 1. The van der Waals surface area contributed by atoms with Crippen molar-refractivity contribution in [1.82, 2.24) is 0 Å². The second kappa shape index (κ2) is 4.82. The zero-order chi connectivity index (χ0) is 9.68. The molecule has 0 saturated carbocycles. The Labute approximate surface area is 77.7 Å². The molecule has 0 aliphatic heterocycles. The lowest BCUT2D eigenvalue weighted by Crippen LogP contribution is -2.17. The molecule has 0 radical (unpaired) electrons. The molecule has 3 heteroatoms. The molecule has 0 aliphatic carbocycles. The van der Waals surface area contributed by atoms with Crippen LogP contribution < -0.4 is 5.32 Å². The Balaban J connectivity index is 2.41. The maximum absolute atomic E-state index is 12.5. The van der Waals surface area contributed by atoms with E-state index >= 15 is 0 Å². The highest BCUT2D eigenvalue weighted by Crippen LogP contribution is 2.08. The normalized spacial score (nSPS) is 12.5. The van der Waals surface area contributed by atoms with E-state index < -0.39 is 0 Å². The molecule has 1 aromatic rings. The molecule has 0 aliphatic rings. The topological polar surface area (TPSA) is 21.3 Å². The summed E-state index contributed by atoms with van der Waals surface area (Å²) in [6, 6.07) is 6.27. The van der Waals surface area contributed by atoms with Gasteiger partial charge in [0.2, 0.25) is 0 Å². The van der Waals surface area contributed by atoms with Gasteiger partial charge in [0.25, 0.3) is 0 Å². The number of hydrogen-bond acceptors (Lipinski definition) is 2. The van der Waals surface area contributed by atoms with Crippen LogP contribution in [-0.4, -0.2) is 19.8 Å². The SMILES string of the molecule is COC(C)CNc1ccc(F)cc1. The standard InChI is InChI=1S/C10H14FNO/c1-8(13-2)7-12-10-5-3-9(11)4-6-10/h3-6,8,12H,7H2,1-2H3. The molecule has 0 bridgehead atoms. The number of rotatable bonds is 4. The second-order valence-corrected chi connectivity index (χ2v) is 2.93. The van der Waals surface area contributed by atoms with Gasteiger partial charge in [0.1, 0.15) is 5.82 Å². The van der Waals surface area contributed by atoms with Crippen LogP contribution >= 0.6 is 0 Å². The lowest BCUT2D eigenvalue weighted by atomic mass is 10.3. The third kappa shape index (κ3) is 3.42. The number of halogens is 1. The van der Waals surface area contributed by atoms with Gasteiger partial charge < -0.3 is 10.1 Å². The smallest absolute Gasteiger partial charge is 0.123 e. The van der Waals surface area contributed by atoms with Crippen LogP contribution in [0.5, 0.6) is 0 Å². The monoisotopic (exact) mass is 183 g/mol. The van der Waals surface area contributed by atoms with E-state index in [-0.39, 0.29) is 11.9 Å². The van der Waals surface area contributed by atoms with Crippen LogP contribution in [-0.2, 0) is 4.74 Å². The van der Waals surface area contributed by atoms with Gasteiger partial charge in [-0.05, 0) is 31.2 Å². The van der Waals surface area contributed by atoms with Crippen molar-refractivity contribution in [1.29, 1.82) is 0 Å². The molecule has 72 valence electrons. The molecular weight excluding hydrogens is 169 g/mol. The average molecular weight is 183 g/mol. The van der Waals surface area contributed by atoms with Crippen molar-refractivity contribution < 1.29 is 9.13 Å². The van der Waals surface area contributed by atoms with E-state index in [1.165, 1.54) is 12.1 Å². The van der Waals surface area contributed by atoms with Crippen molar-refractivity contribution in [2.75, 3.05) is 19.0 Å². The molecule has 1 unspecified atom stereocenters. The lowest BCUT2D eigenvalue weighted by Gasteiger charge is -2.11. The molecule has 2 nitrogen and oxygen atoms in total. The molecule has 1 N–H and O–H groups in total. The van der Waals surface area contributed by atoms with Crippen molar-refractivity contribution in [3.05, 3.63) is 30.1 Å². The van der Waals surface area contributed by atoms with Crippen molar-refractivity contribution in [2.45, 2.75) is 13.0 Å². The van der Waals surface area contributed by atoms with Gasteiger partial charge >= 0.3 is 0 Å². The summed E-state index contributed by atoms with van der Waals surface area (Å²) < 4.78 is 17.6. The van der Waals surface area contributed by atoms with E-state index in [1.54, 1.807) is 19.2 Å². The van der Waals surface area contributed by atoms with Crippen LogP contribution in [0.2, 0.25) is 0 Å². The Hall–Kier alpha value is -1.09. The fourth-order valence-corrected chi connectivity index (χ4v) is 0.913. The van der Waals surface area contributed by atoms with Crippen molar-refractivity contribution >= 4 is 5.69 Å². The third-order valence-corrected chi connectivity index (χ3v) is 1.84. The fraction of sp³-hybridized carbons (Fsp3) is 0.400. The predicted molar refractivity (Wildman–Crippen MR) is 51.4 cm³/mol. The number of ether oxygens (including phenoxy) is 1. The van der Waals surface area contributed by atoms with Crippen molar-refractivity contribution in [3.63, 3.8) is 0 Å². The van der Waals surface area contributed by atoms with E-state index in [0.717, 1.165) is 12.2 Å². The zero-order valence-corrected chi connectivity index (χ0v) is 7.88. The highest BCUT2D eigenvalue weighted by atomic mass is 19.1. The van der Waals surface area contributed by atoms with Crippen LogP contribution in [0.15, 0.2) is 24.3 Å². The van der Waals surface area contributed by atoms with E-state index in [1.807, 2.05) is 6.92 Å². The summed E-state index contributed by atoms with van der Waals surface area (Å²) in [5.74, 6) is -0.217. The Bertz CT molecular complexity index is 248. The number of benzene rings is 1. The first-order chi connectivity index (χ1) is 6.22. The summed E-state index contributed by atoms with van der Waals surface area (Å²) >= 11 is 0. The average Bonchev–Trinajstić information content (AvgIpc) is 2.16. The minimum absolute atomic E-state index is 0.157. The number of nitrogens with one attached hydrogen (secondary N) is 1. The van der Waals surface area contributed by atoms with Gasteiger partial charge in [-0.3, -0.25) is 0 Å². The Morgan fingerprint density at radius 3 is 2.54 bits per heavy atom. The van der Waals surface area contributed by atoms with Crippen LogP contribution in [0, 0.1) is 5.82 Å². The molecule has 1 atom stereocenters. The van der Waals surface area contributed by atoms with Crippen LogP contribution in [0.4, 0.5) is 10.1 Å². The largest absolute Gasteiger partial charge is 0.382 e. The van der Waals surface area contributed by atoms with Gasteiger partial charge in [-0.25, -0.2) is 4.39 Å². The maximum Gasteiger partial charge on any atom is 0.123 e. The first kappa shape index (κ1) is 9.99. The Morgan fingerprint density at radius 1 is 1.38 bits per heavy atom. The van der Waals surface area contributed by atoms with Crippen LogP contribution in [0.1, 0.15) is 6.92 Å². The van der Waals surface area contributed by atoms with Crippen LogP contribution in [0.25, 0.3) is 0 Å². The van der Waals surface area contributed by atoms with Crippen molar-refractivity contribution in [3.8, 4) is 0 Å². The van der Waals surface area contributed by atoms with E-state index in [0.29, 0.717) is 0 Å². The zero-order valence-electron chi connectivity index (χ0n) is 7.88. The quantitative estimate of drug-likeness (QED) is 0.773. The maximum atomic E-state index is 12.5. The van der Waals surface area contributed by atoms with E-state index in [4.69, 9.17) is 4.74 Å².